The molecule has 0 saturated carbocycles. The molecule has 0 radical (unpaired) electrons. The van der Waals surface area contributed by atoms with Gasteiger partial charge in [-0.2, -0.15) is 0 Å². The Morgan fingerprint density at radius 2 is 2.19 bits per heavy atom. The first-order valence-corrected chi connectivity index (χ1v) is 8.98. The van der Waals surface area contributed by atoms with Gasteiger partial charge in [0.1, 0.15) is 17.6 Å². The number of pyridine rings is 1. The van der Waals surface area contributed by atoms with E-state index in [1.807, 2.05) is 6.92 Å². The topological polar surface area (TPSA) is 76.6 Å². The summed E-state index contributed by atoms with van der Waals surface area (Å²) >= 11 is 5.96. The standard InChI is InChI=1S/C13H17ClN2O4S/c1-3-10-6-20-7-13(17)16(10)12-5-9(4-11(14)15-12)8-21(2,18)19/h4-5,10H,3,6-8H2,1-2H3/t10-/m0/s1. The third-order valence-corrected chi connectivity index (χ3v) is 4.21. The molecule has 8 heteroatoms. The first kappa shape index (κ1) is 16.2. The first-order valence-electron chi connectivity index (χ1n) is 6.54. The smallest absolute Gasteiger partial charge is 0.254 e. The molecule has 1 aliphatic rings. The van der Waals surface area contributed by atoms with E-state index < -0.39 is 9.84 Å². The number of amides is 1. The number of halogens is 1. The van der Waals surface area contributed by atoms with Crippen molar-refractivity contribution in [2.45, 2.75) is 25.1 Å². The zero-order valence-electron chi connectivity index (χ0n) is 11.9. The second-order valence-electron chi connectivity index (χ2n) is 5.07. The van der Waals surface area contributed by atoms with Crippen LogP contribution in [0.4, 0.5) is 5.82 Å². The lowest BCUT2D eigenvalue weighted by atomic mass is 10.1. The Morgan fingerprint density at radius 1 is 1.48 bits per heavy atom. The van der Waals surface area contributed by atoms with E-state index in [9.17, 15) is 13.2 Å². The number of sulfone groups is 1. The lowest BCUT2D eigenvalue weighted by molar-refractivity contribution is -0.127. The van der Waals surface area contributed by atoms with Gasteiger partial charge in [-0.1, -0.05) is 18.5 Å². The maximum atomic E-state index is 12.1. The van der Waals surface area contributed by atoms with Gasteiger partial charge in [-0.3, -0.25) is 9.69 Å². The molecule has 0 aromatic carbocycles. The van der Waals surface area contributed by atoms with Crippen LogP contribution in [-0.2, 0) is 25.1 Å². The van der Waals surface area contributed by atoms with Crippen LogP contribution in [0.2, 0.25) is 5.15 Å². The van der Waals surface area contributed by atoms with E-state index in [1.165, 1.54) is 6.07 Å². The number of rotatable bonds is 4. The predicted octanol–water partition coefficient (Wildman–Crippen LogP) is 1.42. The lowest BCUT2D eigenvalue weighted by Crippen LogP contribution is -2.49. The molecule has 0 bridgehead atoms. The summed E-state index contributed by atoms with van der Waals surface area (Å²) in [4.78, 5) is 17.8. The fraction of sp³-hybridized carbons (Fsp3) is 0.538. The molecule has 0 spiro atoms. The van der Waals surface area contributed by atoms with Gasteiger partial charge in [0, 0.05) is 6.26 Å². The van der Waals surface area contributed by atoms with E-state index in [4.69, 9.17) is 16.3 Å². The SMILES string of the molecule is CC[C@H]1COCC(=O)N1c1cc(CS(C)(=O)=O)cc(Cl)n1. The van der Waals surface area contributed by atoms with Crippen LogP contribution in [0.15, 0.2) is 12.1 Å². The van der Waals surface area contributed by atoms with Gasteiger partial charge >= 0.3 is 0 Å². The summed E-state index contributed by atoms with van der Waals surface area (Å²) < 4.78 is 28.1. The minimum absolute atomic E-state index is 0.00783. The van der Waals surface area contributed by atoms with Crippen molar-refractivity contribution in [3.63, 3.8) is 0 Å². The molecule has 2 rings (SSSR count). The highest BCUT2D eigenvalue weighted by Gasteiger charge is 2.30. The summed E-state index contributed by atoms with van der Waals surface area (Å²) in [5, 5.41) is 0.167. The number of anilines is 1. The summed E-state index contributed by atoms with van der Waals surface area (Å²) in [7, 11) is -3.19. The second kappa shape index (κ2) is 6.29. The average Bonchev–Trinajstić information content (AvgIpc) is 2.35. The van der Waals surface area contributed by atoms with Gasteiger partial charge in [-0.25, -0.2) is 13.4 Å². The quantitative estimate of drug-likeness (QED) is 0.779. The number of hydrogen-bond donors (Lipinski definition) is 0. The summed E-state index contributed by atoms with van der Waals surface area (Å²) in [6, 6.07) is 2.97. The van der Waals surface area contributed by atoms with Crippen molar-refractivity contribution >= 4 is 33.2 Å². The number of ether oxygens (including phenoxy) is 1. The van der Waals surface area contributed by atoms with Crippen LogP contribution >= 0.6 is 11.6 Å². The Hall–Kier alpha value is -1.18. The molecular weight excluding hydrogens is 316 g/mol. The normalized spacial score (nSPS) is 19.9. The number of nitrogens with zero attached hydrogens (tertiary/aromatic N) is 2. The largest absolute Gasteiger partial charge is 0.369 e. The number of morpholine rings is 1. The third kappa shape index (κ3) is 4.15. The Labute approximate surface area is 129 Å². The van der Waals surface area contributed by atoms with Gasteiger partial charge in [-0.05, 0) is 24.1 Å². The fourth-order valence-corrected chi connectivity index (χ4v) is 3.29. The van der Waals surface area contributed by atoms with Crippen molar-refractivity contribution in [1.29, 1.82) is 0 Å². The highest BCUT2D eigenvalue weighted by Crippen LogP contribution is 2.24. The number of carbonyl (C=O) groups excluding carboxylic acids is 1. The molecule has 1 fully saturated rings. The van der Waals surface area contributed by atoms with Gasteiger partial charge in [0.25, 0.3) is 5.91 Å². The summed E-state index contributed by atoms with van der Waals surface area (Å²) in [6.07, 6.45) is 1.86. The van der Waals surface area contributed by atoms with Gasteiger partial charge in [0.05, 0.1) is 18.4 Å². The van der Waals surface area contributed by atoms with E-state index >= 15 is 0 Å². The molecule has 0 unspecified atom stereocenters. The van der Waals surface area contributed by atoms with Crippen LogP contribution < -0.4 is 4.90 Å². The van der Waals surface area contributed by atoms with E-state index in [-0.39, 0.29) is 29.5 Å². The number of carbonyl (C=O) groups is 1. The molecule has 6 nitrogen and oxygen atoms in total. The Bertz CT molecular complexity index is 648. The number of hydrogen-bond acceptors (Lipinski definition) is 5. The van der Waals surface area contributed by atoms with E-state index in [1.54, 1.807) is 11.0 Å². The van der Waals surface area contributed by atoms with Gasteiger partial charge in [0.2, 0.25) is 0 Å². The van der Waals surface area contributed by atoms with Crippen LogP contribution in [0.3, 0.4) is 0 Å². The van der Waals surface area contributed by atoms with Gasteiger partial charge < -0.3 is 4.74 Å². The lowest BCUT2D eigenvalue weighted by Gasteiger charge is -2.34. The van der Waals surface area contributed by atoms with E-state index in [0.29, 0.717) is 24.4 Å². The highest BCUT2D eigenvalue weighted by molar-refractivity contribution is 7.89. The Morgan fingerprint density at radius 3 is 2.81 bits per heavy atom. The van der Waals surface area contributed by atoms with Crippen LogP contribution in [0, 0.1) is 0 Å². The zero-order valence-corrected chi connectivity index (χ0v) is 13.4. The zero-order chi connectivity index (χ0) is 15.6. The maximum Gasteiger partial charge on any atom is 0.254 e. The molecule has 1 aromatic heterocycles. The van der Waals surface area contributed by atoms with Crippen molar-refractivity contribution in [1.82, 2.24) is 4.98 Å². The van der Waals surface area contributed by atoms with Crippen molar-refractivity contribution in [2.24, 2.45) is 0 Å². The van der Waals surface area contributed by atoms with Crippen molar-refractivity contribution in [2.75, 3.05) is 24.4 Å². The molecule has 1 saturated heterocycles. The molecule has 1 aliphatic heterocycles. The average molecular weight is 333 g/mol. The van der Waals surface area contributed by atoms with Crippen LogP contribution in [0.25, 0.3) is 0 Å². The monoisotopic (exact) mass is 332 g/mol. The molecule has 1 aromatic rings. The Balaban J connectivity index is 2.40. The maximum absolute atomic E-state index is 12.1. The molecule has 2 heterocycles. The Kier molecular flexibility index (Phi) is 4.85. The highest BCUT2D eigenvalue weighted by atomic mass is 35.5. The van der Waals surface area contributed by atoms with Crippen molar-refractivity contribution < 1.29 is 17.9 Å². The number of aromatic nitrogens is 1. The molecule has 116 valence electrons. The third-order valence-electron chi connectivity index (χ3n) is 3.16. The molecular formula is C13H17ClN2O4S. The molecule has 1 atom stereocenters. The van der Waals surface area contributed by atoms with Crippen molar-refractivity contribution in [3.8, 4) is 0 Å². The summed E-state index contributed by atoms with van der Waals surface area (Å²) in [5.41, 5.74) is 0.515. The van der Waals surface area contributed by atoms with Crippen molar-refractivity contribution in [3.05, 3.63) is 22.8 Å². The summed E-state index contributed by atoms with van der Waals surface area (Å²) in [5.74, 6) is 0.0341. The molecule has 21 heavy (non-hydrogen) atoms. The first-order chi connectivity index (χ1) is 9.80. The van der Waals surface area contributed by atoms with E-state index in [2.05, 4.69) is 4.98 Å². The van der Waals surface area contributed by atoms with Gasteiger partial charge in [0.15, 0.2) is 9.84 Å². The van der Waals surface area contributed by atoms with Crippen LogP contribution in [0.5, 0.6) is 0 Å². The molecule has 1 amide bonds. The molecule has 0 aliphatic carbocycles. The van der Waals surface area contributed by atoms with Gasteiger partial charge in [-0.15, -0.1) is 0 Å². The van der Waals surface area contributed by atoms with Crippen LogP contribution in [0.1, 0.15) is 18.9 Å². The fourth-order valence-electron chi connectivity index (χ4n) is 2.29. The summed E-state index contributed by atoms with van der Waals surface area (Å²) in [6.45, 7) is 2.37. The predicted molar refractivity (Wildman–Crippen MR) is 80.2 cm³/mol. The minimum Gasteiger partial charge on any atom is -0.369 e. The minimum atomic E-state index is -3.19. The second-order valence-corrected chi connectivity index (χ2v) is 7.59. The van der Waals surface area contributed by atoms with E-state index in [0.717, 1.165) is 6.26 Å². The van der Waals surface area contributed by atoms with Crippen LogP contribution in [-0.4, -0.2) is 44.8 Å². The molecule has 0 N–H and O–H groups in total.